The van der Waals surface area contributed by atoms with Crippen LogP contribution in [-0.2, 0) is 21.4 Å². The summed E-state index contributed by atoms with van der Waals surface area (Å²) in [4.78, 5) is 70.4. The number of H-pyrrole nitrogens is 2. The van der Waals surface area contributed by atoms with Crippen LogP contribution in [0.3, 0.4) is 0 Å². The number of aryl methyl sites for hydroxylation is 1. The number of methoxy groups -OCH3 is 1. The van der Waals surface area contributed by atoms with Gasteiger partial charge in [-0.05, 0) is 49.7 Å². The number of carbonyl (C=O) groups excluding carboxylic acids is 3. The first-order valence-electron chi connectivity index (χ1n) is 18.9. The third-order valence-electron chi connectivity index (χ3n) is 11.1. The van der Waals surface area contributed by atoms with Crippen LogP contribution in [0, 0.1) is 11.8 Å². The molecule has 2 aliphatic heterocycles. The number of amides is 4. The molecule has 1 unspecified atom stereocenters. The molecule has 2 aliphatic rings. The number of fused-ring (bicyclic) bond motifs is 3. The Hall–Kier alpha value is -5.86. The molecular formula is C40H49N9O6. The molecule has 2 fully saturated rings. The lowest BCUT2D eigenvalue weighted by atomic mass is 10.0. The minimum Gasteiger partial charge on any atom is -0.465 e. The molecule has 55 heavy (non-hydrogen) atoms. The number of carboxylic acid groups (broad SMARTS) is 1. The minimum absolute atomic E-state index is 0.116. The van der Waals surface area contributed by atoms with Crippen molar-refractivity contribution < 1.29 is 29.0 Å². The highest BCUT2D eigenvalue weighted by Crippen LogP contribution is 2.37. The van der Waals surface area contributed by atoms with Crippen molar-refractivity contribution in [2.45, 2.75) is 77.5 Å². The largest absolute Gasteiger partial charge is 0.465 e. The third kappa shape index (κ3) is 7.10. The fraction of sp³-hybridized carbons (Fsp3) is 0.450. The summed E-state index contributed by atoms with van der Waals surface area (Å²) >= 11 is 0. The number of aromatic nitrogens is 5. The van der Waals surface area contributed by atoms with Gasteiger partial charge in [0.15, 0.2) is 0 Å². The molecule has 0 bridgehead atoms. The zero-order chi connectivity index (χ0) is 39.1. The van der Waals surface area contributed by atoms with E-state index < -0.39 is 24.3 Å². The molecule has 0 saturated carbocycles. The maximum Gasteiger partial charge on any atom is 0.407 e. The number of likely N-dealkylation sites (tertiary alicyclic amines) is 2. The van der Waals surface area contributed by atoms with E-state index in [0.717, 1.165) is 70.0 Å². The van der Waals surface area contributed by atoms with Crippen LogP contribution in [0.25, 0.3) is 44.3 Å². The zero-order valence-corrected chi connectivity index (χ0v) is 32.1. The summed E-state index contributed by atoms with van der Waals surface area (Å²) in [5.41, 5.74) is 5.69. The van der Waals surface area contributed by atoms with Crippen LogP contribution in [-0.4, -0.2) is 95.7 Å². The second-order valence-electron chi connectivity index (χ2n) is 15.3. The first-order valence-corrected chi connectivity index (χ1v) is 18.9. The molecule has 4 atom stereocenters. The van der Waals surface area contributed by atoms with Gasteiger partial charge in [-0.25, -0.2) is 19.6 Å². The van der Waals surface area contributed by atoms with Crippen LogP contribution in [0.15, 0.2) is 48.8 Å². The van der Waals surface area contributed by atoms with Crippen LogP contribution < -0.4 is 10.6 Å². The number of hydrogen-bond acceptors (Lipinski definition) is 7. The standard InChI is InChI=1S/C40H49N9O6/c1-21(2)33(45-39(52)53)37(50)48-15-7-9-29(48)35-41-19-27(43-35)23-11-13-25-26-14-12-24(18-32(26)47(5)31(25)17-23)28-20-42-36(44-28)30-10-8-16-49(30)38(51)34(22(3)4)46-40(54)55-6/h11-14,17-22,29-30,33-34,45H,7-10,15-16H2,1-6H3,(H,41,43)(H,42,44)(H,46,54)(H,52,53)/t29-,30?,33-,34-/m0/s1. The van der Waals surface area contributed by atoms with E-state index in [1.54, 1.807) is 11.1 Å². The topological polar surface area (TPSA) is 191 Å². The Bertz CT molecular complexity index is 2250. The predicted molar refractivity (Wildman–Crippen MR) is 207 cm³/mol. The predicted octanol–water partition coefficient (Wildman–Crippen LogP) is 6.11. The van der Waals surface area contributed by atoms with E-state index in [9.17, 15) is 24.3 Å². The van der Waals surface area contributed by atoms with Gasteiger partial charge in [-0.2, -0.15) is 0 Å². The smallest absolute Gasteiger partial charge is 0.407 e. The molecule has 3 aromatic heterocycles. The van der Waals surface area contributed by atoms with Crippen molar-refractivity contribution in [1.82, 2.24) is 44.9 Å². The number of aromatic amines is 2. The molecular weight excluding hydrogens is 702 g/mol. The molecule has 0 aliphatic carbocycles. The van der Waals surface area contributed by atoms with Gasteiger partial charge in [0.05, 0.1) is 43.0 Å². The Morgan fingerprint density at radius 1 is 0.764 bits per heavy atom. The molecule has 290 valence electrons. The first-order chi connectivity index (χ1) is 26.4. The highest BCUT2D eigenvalue weighted by atomic mass is 16.5. The maximum atomic E-state index is 13.6. The number of rotatable bonds is 10. The molecule has 5 N–H and O–H groups in total. The molecule has 0 spiro atoms. The number of nitrogens with zero attached hydrogens (tertiary/aromatic N) is 5. The Morgan fingerprint density at radius 2 is 1.22 bits per heavy atom. The molecule has 15 nitrogen and oxygen atoms in total. The van der Waals surface area contributed by atoms with Crippen molar-refractivity contribution in [2.75, 3.05) is 20.2 Å². The summed E-state index contributed by atoms with van der Waals surface area (Å²) in [5.74, 6) is 0.699. The first kappa shape index (κ1) is 37.5. The van der Waals surface area contributed by atoms with Crippen LogP contribution in [0.5, 0.6) is 0 Å². The van der Waals surface area contributed by atoms with Crippen molar-refractivity contribution >= 4 is 45.8 Å². The molecule has 5 aromatic rings. The van der Waals surface area contributed by atoms with Gasteiger partial charge in [-0.1, -0.05) is 52.0 Å². The molecule has 15 heteroatoms. The molecule has 7 rings (SSSR count). The SMILES string of the molecule is COC(=O)N[C@H](C(=O)N1CCCC1c1ncc(-c2ccc3c4ccc(-c5cnc([C@@H]6CCCN6C(=O)[C@@H](NC(=O)O)C(C)C)[nH]5)cc4n(C)c3c2)[nH]1)C(C)C. The Balaban J connectivity index is 1.12. The molecule has 5 heterocycles. The molecule has 0 radical (unpaired) electrons. The second-order valence-corrected chi connectivity index (χ2v) is 15.3. The van der Waals surface area contributed by atoms with Gasteiger partial charge in [-0.3, -0.25) is 9.59 Å². The Kier molecular flexibility index (Phi) is 10.3. The van der Waals surface area contributed by atoms with Gasteiger partial charge in [0.2, 0.25) is 11.8 Å². The van der Waals surface area contributed by atoms with Crippen molar-refractivity contribution in [3.05, 3.63) is 60.4 Å². The van der Waals surface area contributed by atoms with E-state index in [0.29, 0.717) is 24.7 Å². The average Bonchev–Trinajstić information content (AvgIpc) is 4.02. The van der Waals surface area contributed by atoms with Crippen molar-refractivity contribution in [2.24, 2.45) is 18.9 Å². The normalized spacial score (nSPS) is 18.4. The minimum atomic E-state index is -1.22. The van der Waals surface area contributed by atoms with E-state index in [1.165, 1.54) is 7.11 Å². The van der Waals surface area contributed by atoms with E-state index in [4.69, 9.17) is 14.7 Å². The number of hydrogen-bond donors (Lipinski definition) is 5. The fourth-order valence-corrected chi connectivity index (χ4v) is 8.18. The number of nitrogens with one attached hydrogen (secondary N) is 4. The number of benzene rings is 2. The number of imidazole rings is 2. The summed E-state index contributed by atoms with van der Waals surface area (Å²) in [7, 11) is 3.33. The van der Waals surface area contributed by atoms with Crippen LogP contribution in [0.2, 0.25) is 0 Å². The second kappa shape index (κ2) is 15.1. The monoisotopic (exact) mass is 751 g/mol. The highest BCUT2D eigenvalue weighted by molar-refractivity contribution is 6.09. The van der Waals surface area contributed by atoms with Crippen LogP contribution >= 0.6 is 0 Å². The highest BCUT2D eigenvalue weighted by Gasteiger charge is 2.39. The fourth-order valence-electron chi connectivity index (χ4n) is 8.18. The number of carbonyl (C=O) groups is 4. The van der Waals surface area contributed by atoms with Gasteiger partial charge in [0.25, 0.3) is 0 Å². The summed E-state index contributed by atoms with van der Waals surface area (Å²) in [6.45, 7) is 8.59. The van der Waals surface area contributed by atoms with Gasteiger partial charge < -0.3 is 44.8 Å². The Labute approximate surface area is 318 Å². The summed E-state index contributed by atoms with van der Waals surface area (Å²) in [6, 6.07) is 10.6. The Morgan fingerprint density at radius 3 is 1.64 bits per heavy atom. The maximum absolute atomic E-state index is 13.6. The van der Waals surface area contributed by atoms with E-state index >= 15 is 0 Å². The van der Waals surface area contributed by atoms with Gasteiger partial charge in [-0.15, -0.1) is 0 Å². The average molecular weight is 752 g/mol. The lowest BCUT2D eigenvalue weighted by Crippen LogP contribution is -2.51. The quantitative estimate of drug-likeness (QED) is 0.113. The van der Waals surface area contributed by atoms with Crippen molar-refractivity contribution in [3.63, 3.8) is 0 Å². The van der Waals surface area contributed by atoms with Crippen molar-refractivity contribution in [1.29, 1.82) is 0 Å². The lowest BCUT2D eigenvalue weighted by Gasteiger charge is -2.30. The van der Waals surface area contributed by atoms with Crippen molar-refractivity contribution in [3.8, 4) is 22.5 Å². The van der Waals surface area contributed by atoms with Crippen LogP contribution in [0.1, 0.15) is 77.1 Å². The van der Waals surface area contributed by atoms with Gasteiger partial charge in [0.1, 0.15) is 23.7 Å². The zero-order valence-electron chi connectivity index (χ0n) is 32.1. The summed E-state index contributed by atoms with van der Waals surface area (Å²) in [5, 5.41) is 16.6. The van der Waals surface area contributed by atoms with E-state index in [1.807, 2.05) is 45.8 Å². The molecule has 2 saturated heterocycles. The van der Waals surface area contributed by atoms with Gasteiger partial charge >= 0.3 is 12.2 Å². The summed E-state index contributed by atoms with van der Waals surface area (Å²) < 4.78 is 6.94. The van der Waals surface area contributed by atoms with Gasteiger partial charge in [0, 0.05) is 53.1 Å². The number of ether oxygens (including phenoxy) is 1. The summed E-state index contributed by atoms with van der Waals surface area (Å²) in [6.07, 6.45) is 4.91. The molecule has 4 amide bonds. The third-order valence-corrected chi connectivity index (χ3v) is 11.1. The molecule has 2 aromatic carbocycles. The lowest BCUT2D eigenvalue weighted by molar-refractivity contribution is -0.136. The van der Waals surface area contributed by atoms with E-state index in [2.05, 4.69) is 61.6 Å². The van der Waals surface area contributed by atoms with Crippen LogP contribution in [0.4, 0.5) is 9.59 Å². The van der Waals surface area contributed by atoms with E-state index in [-0.39, 0.29) is 35.7 Å². The number of alkyl carbamates (subject to hydrolysis) is 1.